The molecular formula is C56H62N10O7S. The number of aromatic nitrogens is 2. The molecule has 17 nitrogen and oxygen atoms in total. The number of fused-ring (bicyclic) bond motifs is 3. The number of hydrogen-bond acceptors (Lipinski definition) is 15. The van der Waals surface area contributed by atoms with E-state index in [1.807, 2.05) is 96.7 Å². The molecule has 5 aromatic rings. The topological polar surface area (TPSA) is 185 Å². The van der Waals surface area contributed by atoms with Gasteiger partial charge in [0.05, 0.1) is 34.1 Å². The smallest absolute Gasteiger partial charge is 0.355 e. The number of imide groups is 1. The molecule has 2 saturated heterocycles. The monoisotopic (exact) mass is 1020 g/mol. The highest BCUT2D eigenvalue weighted by Crippen LogP contribution is 2.37. The Morgan fingerprint density at radius 1 is 0.851 bits per heavy atom. The minimum atomic E-state index is -1.11. The van der Waals surface area contributed by atoms with Crippen molar-refractivity contribution in [1.29, 1.82) is 0 Å². The number of carboxylic acid groups (broad SMARTS) is 1. The Hall–Kier alpha value is -7.15. The first-order chi connectivity index (χ1) is 35.9. The minimum Gasteiger partial charge on any atom is -0.490 e. The predicted octanol–water partition coefficient (Wildman–Crippen LogP) is 7.29. The predicted molar refractivity (Wildman–Crippen MR) is 284 cm³/mol. The Kier molecular flexibility index (Phi) is 13.9. The van der Waals surface area contributed by atoms with Crippen LogP contribution in [0.2, 0.25) is 0 Å². The number of nitrogens with one attached hydrogen (secondary N) is 2. The van der Waals surface area contributed by atoms with E-state index in [9.17, 15) is 24.3 Å². The van der Waals surface area contributed by atoms with Gasteiger partial charge in [-0.25, -0.2) is 14.8 Å². The third-order valence-electron chi connectivity index (χ3n) is 15.4. The van der Waals surface area contributed by atoms with Crippen LogP contribution in [0.3, 0.4) is 0 Å². The fraction of sp³-hybridized carbons (Fsp3) is 0.411. The quantitative estimate of drug-likeness (QED) is 0.0744. The van der Waals surface area contributed by atoms with E-state index >= 15 is 0 Å². The van der Waals surface area contributed by atoms with Crippen molar-refractivity contribution in [2.24, 2.45) is 11.0 Å². The number of pyridine rings is 1. The molecule has 1 aliphatic carbocycles. The van der Waals surface area contributed by atoms with E-state index in [4.69, 9.17) is 19.6 Å². The molecule has 0 bridgehead atoms. The van der Waals surface area contributed by atoms with Crippen molar-refractivity contribution < 1.29 is 33.8 Å². The summed E-state index contributed by atoms with van der Waals surface area (Å²) in [5, 5.41) is 23.2. The summed E-state index contributed by atoms with van der Waals surface area (Å²) in [6.45, 7) is 8.53. The Morgan fingerprint density at radius 2 is 1.65 bits per heavy atom. The van der Waals surface area contributed by atoms with Crippen molar-refractivity contribution in [3.05, 3.63) is 124 Å². The summed E-state index contributed by atoms with van der Waals surface area (Å²) < 4.78 is 13.9. The molecule has 2 unspecified atom stereocenters. The van der Waals surface area contributed by atoms with Crippen molar-refractivity contribution in [3.63, 3.8) is 0 Å². The fourth-order valence-corrected chi connectivity index (χ4v) is 12.4. The summed E-state index contributed by atoms with van der Waals surface area (Å²) >= 11 is 1.43. The maximum Gasteiger partial charge on any atom is 0.355 e. The lowest BCUT2D eigenvalue weighted by atomic mass is 9.87. The summed E-state index contributed by atoms with van der Waals surface area (Å²) in [5.74, 6) is 0.233. The van der Waals surface area contributed by atoms with Gasteiger partial charge in [0.2, 0.25) is 11.8 Å². The number of thiazole rings is 1. The molecule has 3 amide bonds. The molecule has 18 heteroatoms. The van der Waals surface area contributed by atoms with Crippen LogP contribution >= 0.6 is 11.3 Å². The van der Waals surface area contributed by atoms with Gasteiger partial charge in [-0.15, -0.1) is 0 Å². The van der Waals surface area contributed by atoms with E-state index in [0.717, 1.165) is 127 Å². The number of piperazine rings is 1. The van der Waals surface area contributed by atoms with Crippen LogP contribution in [-0.4, -0.2) is 143 Å². The van der Waals surface area contributed by atoms with Gasteiger partial charge in [0.1, 0.15) is 23.6 Å². The van der Waals surface area contributed by atoms with Gasteiger partial charge >= 0.3 is 5.97 Å². The Morgan fingerprint density at radius 3 is 2.43 bits per heavy atom. The van der Waals surface area contributed by atoms with Crippen LogP contribution in [0.15, 0.2) is 101 Å². The molecule has 6 aliphatic rings. The second-order valence-electron chi connectivity index (χ2n) is 20.2. The Labute approximate surface area is 434 Å². The van der Waals surface area contributed by atoms with Crippen molar-refractivity contribution >= 4 is 61.9 Å². The number of aromatic carboxylic acids is 1. The van der Waals surface area contributed by atoms with Crippen LogP contribution in [0.5, 0.6) is 5.75 Å². The number of carboxylic acids is 1. The number of hydrogen-bond donors (Lipinski definition) is 3. The number of ether oxygens (including phenoxy) is 2. The molecule has 0 radical (unpaired) electrons. The van der Waals surface area contributed by atoms with Gasteiger partial charge in [0, 0.05) is 89.6 Å². The number of carbonyl (C=O) groups excluding carboxylic acids is 3. The van der Waals surface area contributed by atoms with Gasteiger partial charge < -0.3 is 29.3 Å². The van der Waals surface area contributed by atoms with Crippen molar-refractivity contribution in [2.45, 2.75) is 83.2 Å². The highest BCUT2D eigenvalue weighted by molar-refractivity contribution is 7.22. The average Bonchev–Trinajstić information content (AvgIpc) is 3.98. The van der Waals surface area contributed by atoms with Crippen LogP contribution < -0.4 is 20.3 Å². The van der Waals surface area contributed by atoms with Gasteiger partial charge in [-0.2, -0.15) is 5.10 Å². The van der Waals surface area contributed by atoms with Crippen molar-refractivity contribution in [1.82, 2.24) is 35.0 Å². The number of para-hydroxylation sites is 1. The van der Waals surface area contributed by atoms with Crippen LogP contribution in [0.1, 0.15) is 82.5 Å². The maximum atomic E-state index is 13.6. The molecule has 3 aromatic carbocycles. The molecule has 11 rings (SSSR count). The van der Waals surface area contributed by atoms with Crippen molar-refractivity contribution in [2.75, 3.05) is 70.2 Å². The second-order valence-corrected chi connectivity index (χ2v) is 21.2. The third kappa shape index (κ3) is 10.1. The lowest BCUT2D eigenvalue weighted by Crippen LogP contribution is -2.52. The fourth-order valence-electron chi connectivity index (χ4n) is 11.6. The highest BCUT2D eigenvalue weighted by atomic mass is 32.1. The number of nitrogens with zero attached hydrogens (tertiary/aromatic N) is 8. The van der Waals surface area contributed by atoms with Gasteiger partial charge in [0.15, 0.2) is 10.8 Å². The molecule has 74 heavy (non-hydrogen) atoms. The first-order valence-corrected chi connectivity index (χ1v) is 26.7. The zero-order valence-electron chi connectivity index (χ0n) is 42.1. The molecule has 1 saturated carbocycles. The lowest BCUT2D eigenvalue weighted by molar-refractivity contribution is -0.134. The number of allylic oxidation sites excluding steroid dienone is 2. The number of aryl methyl sites for hydroxylation is 1. The molecule has 384 valence electrons. The lowest BCUT2D eigenvalue weighted by Gasteiger charge is -2.44. The first-order valence-electron chi connectivity index (χ1n) is 25.9. The third-order valence-corrected chi connectivity index (χ3v) is 16.4. The van der Waals surface area contributed by atoms with E-state index in [1.165, 1.54) is 11.3 Å². The Balaban J connectivity index is 0.630. The number of carbonyl (C=O) groups is 4. The summed E-state index contributed by atoms with van der Waals surface area (Å²) in [6.07, 6.45) is 10.6. The number of hydrazone groups is 1. The molecule has 3 fully saturated rings. The molecule has 2 atom stereocenters. The molecule has 3 N–H and O–H groups in total. The number of benzene rings is 3. The van der Waals surface area contributed by atoms with Crippen LogP contribution in [-0.2, 0) is 27.3 Å². The largest absolute Gasteiger partial charge is 0.490 e. The van der Waals surface area contributed by atoms with E-state index in [1.54, 1.807) is 0 Å². The minimum absolute atomic E-state index is 0.0244. The SMILES string of the molecule is Cc1cc(OC2CCC(OCCCN3CCN(C4=CC=C5C(C6CCC(=O)NC6=O)=NN(C)C5N4C)CC3)CC2)ccc1-c1ccc(N2CCc3cccc(C(=O)Nc4nc5ccccc5s4)c3C2)nc1C(=O)O. The average molecular weight is 1020 g/mol. The number of piperidine rings is 1. The van der Waals surface area contributed by atoms with E-state index in [2.05, 4.69) is 49.5 Å². The molecule has 7 heterocycles. The van der Waals surface area contributed by atoms with E-state index in [-0.39, 0.29) is 41.8 Å². The van der Waals surface area contributed by atoms with E-state index in [0.29, 0.717) is 54.4 Å². The number of rotatable bonds is 14. The highest BCUT2D eigenvalue weighted by Gasteiger charge is 2.43. The standard InChI is InChI=1S/C56H62N10O7S/c1-34-32-38(16-17-39(34)40-18-21-47(58-51(40)55(70)71)66-26-24-35-8-6-9-41(44(35)33-66)52(68)60-56-57-45-10-4-5-11-46(45)74-56)73-37-14-12-36(13-15-37)72-31-7-25-64-27-29-65(30-28-64)49-23-20-43-50(61-63(3)54(43)62(49)2)42-19-22-48(67)59-53(42)69/h4-6,8-11,16-18,20-21,23,32,36-37,42,54H,7,12-15,19,22,24-31,33H2,1-3H3,(H,70,71)(H,57,60,68)(H,59,67,69). The van der Waals surface area contributed by atoms with Crippen LogP contribution in [0.4, 0.5) is 10.9 Å². The van der Waals surface area contributed by atoms with Crippen LogP contribution in [0, 0.1) is 12.8 Å². The number of likely N-dealkylation sites (N-methyl/N-ethyl adjacent to an activating group) is 2. The molecule has 0 spiro atoms. The molecule has 5 aliphatic heterocycles. The normalized spacial score (nSPS) is 22.2. The summed E-state index contributed by atoms with van der Waals surface area (Å²) in [4.78, 5) is 69.4. The number of anilines is 2. The maximum absolute atomic E-state index is 13.6. The van der Waals surface area contributed by atoms with Crippen LogP contribution in [0.25, 0.3) is 21.3 Å². The molecular weight excluding hydrogens is 957 g/mol. The Bertz CT molecular complexity index is 3070. The summed E-state index contributed by atoms with van der Waals surface area (Å²) in [5.41, 5.74) is 7.36. The first kappa shape index (κ1) is 49.1. The van der Waals surface area contributed by atoms with Gasteiger partial charge in [-0.3, -0.25) is 34.9 Å². The summed E-state index contributed by atoms with van der Waals surface area (Å²) in [7, 11) is 4.04. The van der Waals surface area contributed by atoms with Gasteiger partial charge in [-0.1, -0.05) is 41.7 Å². The van der Waals surface area contributed by atoms with Crippen molar-refractivity contribution in [3.8, 4) is 16.9 Å². The summed E-state index contributed by atoms with van der Waals surface area (Å²) in [6, 6.07) is 23.1. The number of amides is 3. The second kappa shape index (κ2) is 21.0. The van der Waals surface area contributed by atoms with Gasteiger partial charge in [-0.05, 0) is 129 Å². The zero-order chi connectivity index (χ0) is 51.0. The van der Waals surface area contributed by atoms with Gasteiger partial charge in [0.25, 0.3) is 5.91 Å². The zero-order valence-corrected chi connectivity index (χ0v) is 42.9. The molecule has 2 aromatic heterocycles. The van der Waals surface area contributed by atoms with E-state index < -0.39 is 11.9 Å².